The summed E-state index contributed by atoms with van der Waals surface area (Å²) in [5.41, 5.74) is 6.67. The molecule has 0 aliphatic heterocycles. The van der Waals surface area contributed by atoms with Crippen LogP contribution in [0, 0.1) is 5.92 Å². The van der Waals surface area contributed by atoms with Crippen molar-refractivity contribution >= 4 is 23.2 Å². The van der Waals surface area contributed by atoms with Gasteiger partial charge < -0.3 is 11.1 Å². The maximum Gasteiger partial charge on any atom is 0.253 e. The minimum absolute atomic E-state index is 0.130. The summed E-state index contributed by atoms with van der Waals surface area (Å²) < 4.78 is 0. The zero-order valence-corrected chi connectivity index (χ0v) is 11.9. The Morgan fingerprint density at radius 2 is 2.11 bits per heavy atom. The molecule has 4 heteroatoms. The number of amides is 1. The van der Waals surface area contributed by atoms with Crippen molar-refractivity contribution in [2.45, 2.75) is 39.7 Å². The Labute approximate surface area is 114 Å². The van der Waals surface area contributed by atoms with E-state index in [1.54, 1.807) is 18.2 Å². The van der Waals surface area contributed by atoms with Crippen molar-refractivity contribution in [3.63, 3.8) is 0 Å². The highest BCUT2D eigenvalue weighted by molar-refractivity contribution is 6.31. The second kappa shape index (κ2) is 6.64. The first-order chi connectivity index (χ1) is 8.43. The van der Waals surface area contributed by atoms with Gasteiger partial charge in [0, 0.05) is 16.8 Å². The highest BCUT2D eigenvalue weighted by Crippen LogP contribution is 2.18. The molecule has 1 rings (SSSR count). The number of carbonyl (C=O) groups excluding carboxylic acids is 1. The summed E-state index contributed by atoms with van der Waals surface area (Å²) in [5, 5.41) is 3.47. The lowest BCUT2D eigenvalue weighted by Gasteiger charge is -2.18. The Balaban J connectivity index is 2.67. The SMILES string of the molecule is CCC(C)CC(C)NC(=O)c1cc(Cl)ccc1N. The number of carbonyl (C=O) groups is 1. The van der Waals surface area contributed by atoms with Gasteiger partial charge in [-0.25, -0.2) is 0 Å². The number of benzene rings is 1. The highest BCUT2D eigenvalue weighted by atomic mass is 35.5. The number of rotatable bonds is 5. The van der Waals surface area contributed by atoms with Crippen molar-refractivity contribution in [1.29, 1.82) is 0 Å². The van der Waals surface area contributed by atoms with Crippen LogP contribution in [0.1, 0.15) is 44.0 Å². The third-order valence-corrected chi connectivity index (χ3v) is 3.33. The number of nitrogens with one attached hydrogen (secondary N) is 1. The van der Waals surface area contributed by atoms with E-state index in [2.05, 4.69) is 19.2 Å². The average Bonchev–Trinajstić information content (AvgIpc) is 2.31. The van der Waals surface area contributed by atoms with Gasteiger partial charge in [-0.3, -0.25) is 4.79 Å². The molecule has 0 heterocycles. The van der Waals surface area contributed by atoms with Crippen LogP contribution in [0.15, 0.2) is 18.2 Å². The first-order valence-corrected chi connectivity index (χ1v) is 6.67. The fourth-order valence-electron chi connectivity index (χ4n) is 1.86. The Morgan fingerprint density at radius 3 is 2.72 bits per heavy atom. The number of anilines is 1. The van der Waals surface area contributed by atoms with Crippen molar-refractivity contribution in [1.82, 2.24) is 5.32 Å². The Hall–Kier alpha value is -1.22. The first kappa shape index (κ1) is 14.8. The molecular formula is C14H21ClN2O. The van der Waals surface area contributed by atoms with Gasteiger partial charge in [-0.1, -0.05) is 31.9 Å². The molecule has 1 amide bonds. The lowest BCUT2D eigenvalue weighted by atomic mass is 10.00. The molecule has 100 valence electrons. The maximum atomic E-state index is 12.0. The second-order valence-electron chi connectivity index (χ2n) is 4.86. The van der Waals surface area contributed by atoms with Gasteiger partial charge in [0.15, 0.2) is 0 Å². The summed E-state index contributed by atoms with van der Waals surface area (Å²) >= 11 is 5.87. The quantitative estimate of drug-likeness (QED) is 0.804. The van der Waals surface area contributed by atoms with Gasteiger partial charge in [0.2, 0.25) is 0 Å². The summed E-state index contributed by atoms with van der Waals surface area (Å²) in [4.78, 5) is 12.0. The molecule has 0 aromatic heterocycles. The van der Waals surface area contributed by atoms with Gasteiger partial charge in [0.05, 0.1) is 5.56 Å². The molecule has 0 aliphatic rings. The van der Waals surface area contributed by atoms with Crippen LogP contribution < -0.4 is 11.1 Å². The smallest absolute Gasteiger partial charge is 0.253 e. The van der Waals surface area contributed by atoms with Crippen molar-refractivity contribution in [3.05, 3.63) is 28.8 Å². The summed E-state index contributed by atoms with van der Waals surface area (Å²) in [6, 6.07) is 5.06. The Kier molecular flexibility index (Phi) is 5.48. The standard InChI is InChI=1S/C14H21ClN2O/c1-4-9(2)7-10(3)17-14(18)12-8-11(15)5-6-13(12)16/h5-6,8-10H,4,7,16H2,1-3H3,(H,17,18). The minimum Gasteiger partial charge on any atom is -0.398 e. The molecule has 0 spiro atoms. The van der Waals surface area contributed by atoms with Crippen molar-refractivity contribution in [2.24, 2.45) is 5.92 Å². The van der Waals surface area contributed by atoms with Crippen LogP contribution in [0.3, 0.4) is 0 Å². The fraction of sp³-hybridized carbons (Fsp3) is 0.500. The topological polar surface area (TPSA) is 55.1 Å². The van der Waals surface area contributed by atoms with Gasteiger partial charge in [-0.2, -0.15) is 0 Å². The van der Waals surface area contributed by atoms with E-state index in [0.717, 1.165) is 12.8 Å². The van der Waals surface area contributed by atoms with Crippen LogP contribution in [0.25, 0.3) is 0 Å². The number of hydrogen-bond donors (Lipinski definition) is 2. The van der Waals surface area contributed by atoms with Crippen LogP contribution in [0.2, 0.25) is 5.02 Å². The van der Waals surface area contributed by atoms with Crippen molar-refractivity contribution in [3.8, 4) is 0 Å². The predicted octanol–water partition coefficient (Wildman–Crippen LogP) is 3.48. The third kappa shape index (κ3) is 4.22. The summed E-state index contributed by atoms with van der Waals surface area (Å²) in [6.45, 7) is 6.33. The van der Waals surface area contributed by atoms with E-state index in [0.29, 0.717) is 22.2 Å². The summed E-state index contributed by atoms with van der Waals surface area (Å²) in [5.74, 6) is 0.433. The predicted molar refractivity (Wildman–Crippen MR) is 76.9 cm³/mol. The normalized spacial score (nSPS) is 14.0. The van der Waals surface area contributed by atoms with Gasteiger partial charge in [-0.05, 0) is 37.5 Å². The maximum absolute atomic E-state index is 12.0. The highest BCUT2D eigenvalue weighted by Gasteiger charge is 2.14. The van der Waals surface area contributed by atoms with Crippen LogP contribution in [-0.2, 0) is 0 Å². The minimum atomic E-state index is -0.161. The Morgan fingerprint density at radius 1 is 1.44 bits per heavy atom. The zero-order valence-electron chi connectivity index (χ0n) is 11.2. The van der Waals surface area contributed by atoms with E-state index in [4.69, 9.17) is 17.3 Å². The van der Waals surface area contributed by atoms with E-state index in [-0.39, 0.29) is 11.9 Å². The number of nitrogens with two attached hydrogens (primary N) is 1. The van der Waals surface area contributed by atoms with Crippen LogP contribution in [0.4, 0.5) is 5.69 Å². The fourth-order valence-corrected chi connectivity index (χ4v) is 2.03. The summed E-state index contributed by atoms with van der Waals surface area (Å²) in [6.07, 6.45) is 2.07. The largest absolute Gasteiger partial charge is 0.398 e. The lowest BCUT2D eigenvalue weighted by molar-refractivity contribution is 0.0936. The molecule has 0 fully saturated rings. The second-order valence-corrected chi connectivity index (χ2v) is 5.29. The molecule has 0 saturated carbocycles. The Bertz CT molecular complexity index is 420. The molecule has 3 nitrogen and oxygen atoms in total. The molecule has 0 saturated heterocycles. The average molecular weight is 269 g/mol. The first-order valence-electron chi connectivity index (χ1n) is 6.30. The van der Waals surface area contributed by atoms with Gasteiger partial charge in [0.25, 0.3) is 5.91 Å². The van der Waals surface area contributed by atoms with Crippen LogP contribution >= 0.6 is 11.6 Å². The molecule has 0 bridgehead atoms. The van der Waals surface area contributed by atoms with E-state index >= 15 is 0 Å². The zero-order chi connectivity index (χ0) is 13.7. The molecule has 18 heavy (non-hydrogen) atoms. The third-order valence-electron chi connectivity index (χ3n) is 3.09. The number of nitrogen functional groups attached to an aromatic ring is 1. The van der Waals surface area contributed by atoms with Gasteiger partial charge in [0.1, 0.15) is 0 Å². The van der Waals surface area contributed by atoms with E-state index < -0.39 is 0 Å². The summed E-state index contributed by atoms with van der Waals surface area (Å²) in [7, 11) is 0. The lowest BCUT2D eigenvalue weighted by Crippen LogP contribution is -2.34. The number of hydrogen-bond acceptors (Lipinski definition) is 2. The molecular weight excluding hydrogens is 248 g/mol. The van der Waals surface area contributed by atoms with E-state index in [9.17, 15) is 4.79 Å². The van der Waals surface area contributed by atoms with E-state index in [1.165, 1.54) is 0 Å². The molecule has 0 aliphatic carbocycles. The molecule has 2 atom stereocenters. The monoisotopic (exact) mass is 268 g/mol. The van der Waals surface area contributed by atoms with Crippen LogP contribution in [0.5, 0.6) is 0 Å². The molecule has 2 unspecified atom stereocenters. The number of halogens is 1. The van der Waals surface area contributed by atoms with Crippen LogP contribution in [-0.4, -0.2) is 11.9 Å². The van der Waals surface area contributed by atoms with Gasteiger partial charge >= 0.3 is 0 Å². The molecule has 0 radical (unpaired) electrons. The molecule has 1 aromatic carbocycles. The molecule has 1 aromatic rings. The van der Waals surface area contributed by atoms with Crippen molar-refractivity contribution < 1.29 is 4.79 Å². The molecule has 3 N–H and O–H groups in total. The van der Waals surface area contributed by atoms with E-state index in [1.807, 2.05) is 6.92 Å². The van der Waals surface area contributed by atoms with Gasteiger partial charge in [-0.15, -0.1) is 0 Å². The van der Waals surface area contributed by atoms with Crippen molar-refractivity contribution in [2.75, 3.05) is 5.73 Å².